The van der Waals surface area contributed by atoms with Crippen molar-refractivity contribution in [1.29, 1.82) is 0 Å². The first-order chi connectivity index (χ1) is 15.7. The Hall–Kier alpha value is -2.80. The van der Waals surface area contributed by atoms with Crippen molar-refractivity contribution in [2.24, 2.45) is 11.3 Å². The predicted molar refractivity (Wildman–Crippen MR) is 132 cm³/mol. The molecular formula is C26H33NO5S. The van der Waals surface area contributed by atoms with Crippen LogP contribution in [0.5, 0.6) is 11.5 Å². The van der Waals surface area contributed by atoms with E-state index in [0.29, 0.717) is 34.6 Å². The average Bonchev–Trinajstić information content (AvgIpc) is 3.14. The number of hydrogen-bond acceptors (Lipinski definition) is 6. The monoisotopic (exact) mass is 471 g/mol. The Labute approximate surface area is 199 Å². The molecule has 1 aliphatic carbocycles. The summed E-state index contributed by atoms with van der Waals surface area (Å²) in [6.45, 7) is 8.84. The fourth-order valence-corrected chi connectivity index (χ4v) is 5.43. The van der Waals surface area contributed by atoms with Gasteiger partial charge in [0.2, 0.25) is 5.91 Å². The van der Waals surface area contributed by atoms with Gasteiger partial charge in [0.05, 0.1) is 26.4 Å². The predicted octanol–water partition coefficient (Wildman–Crippen LogP) is 5.74. The highest BCUT2D eigenvalue weighted by Gasteiger charge is 2.34. The van der Waals surface area contributed by atoms with Crippen molar-refractivity contribution in [1.82, 2.24) is 0 Å². The quantitative estimate of drug-likeness (QED) is 0.411. The standard InChI is InChI=1S/C26H33NO5S/c1-7-32-25(29)23-18-11-10-17(26(2,3)4)15-21(18)33-24(23)27-22(28)13-9-16-8-12-19(30-5)20(14-16)31-6/h8-9,12-14,17H,7,10-11,15H2,1-6H3,(H,27,28)/b13-9-/t17-/m1/s1. The minimum Gasteiger partial charge on any atom is -0.493 e. The minimum atomic E-state index is -0.372. The number of ether oxygens (including phenoxy) is 3. The highest BCUT2D eigenvalue weighted by atomic mass is 32.1. The van der Waals surface area contributed by atoms with E-state index >= 15 is 0 Å². The molecule has 0 saturated carbocycles. The molecule has 1 N–H and O–H groups in total. The van der Waals surface area contributed by atoms with E-state index in [2.05, 4.69) is 26.1 Å². The molecule has 0 bridgehead atoms. The molecule has 1 aliphatic rings. The third-order valence-corrected chi connectivity index (χ3v) is 7.21. The second-order valence-electron chi connectivity index (χ2n) is 9.17. The molecule has 0 spiro atoms. The smallest absolute Gasteiger partial charge is 0.341 e. The maximum absolute atomic E-state index is 12.8. The van der Waals surface area contributed by atoms with Crippen LogP contribution in [0.25, 0.3) is 6.08 Å². The topological polar surface area (TPSA) is 73.9 Å². The Morgan fingerprint density at radius 2 is 1.91 bits per heavy atom. The Kier molecular flexibility index (Phi) is 7.84. The van der Waals surface area contributed by atoms with Gasteiger partial charge in [0.25, 0.3) is 0 Å². The van der Waals surface area contributed by atoms with Crippen molar-refractivity contribution >= 4 is 34.3 Å². The second-order valence-corrected chi connectivity index (χ2v) is 10.3. The van der Waals surface area contributed by atoms with Gasteiger partial charge in [0.15, 0.2) is 11.5 Å². The summed E-state index contributed by atoms with van der Waals surface area (Å²) < 4.78 is 15.9. The van der Waals surface area contributed by atoms with Crippen LogP contribution in [0, 0.1) is 11.3 Å². The van der Waals surface area contributed by atoms with Gasteiger partial charge < -0.3 is 19.5 Å². The molecule has 1 aromatic carbocycles. The summed E-state index contributed by atoms with van der Waals surface area (Å²) >= 11 is 1.49. The van der Waals surface area contributed by atoms with Crippen molar-refractivity contribution in [2.45, 2.75) is 47.0 Å². The summed E-state index contributed by atoms with van der Waals surface area (Å²) in [5.41, 5.74) is 2.53. The SMILES string of the molecule is CCOC(=O)c1c(NC(=O)/C=C\c2ccc(OC)c(OC)c2)sc2c1CC[C@@H](C(C)(C)C)C2. The molecule has 0 saturated heterocycles. The van der Waals surface area contributed by atoms with Gasteiger partial charge >= 0.3 is 5.97 Å². The first-order valence-electron chi connectivity index (χ1n) is 11.2. The first-order valence-corrected chi connectivity index (χ1v) is 12.0. The third kappa shape index (κ3) is 5.77. The number of methoxy groups -OCH3 is 2. The highest BCUT2D eigenvalue weighted by molar-refractivity contribution is 7.17. The summed E-state index contributed by atoms with van der Waals surface area (Å²) in [5, 5.41) is 3.48. The molecule has 6 nitrogen and oxygen atoms in total. The number of esters is 1. The summed E-state index contributed by atoms with van der Waals surface area (Å²) in [6, 6.07) is 5.42. The number of nitrogens with one attached hydrogen (secondary N) is 1. The van der Waals surface area contributed by atoms with Gasteiger partial charge in [0.1, 0.15) is 5.00 Å². The van der Waals surface area contributed by atoms with Gasteiger partial charge in [-0.1, -0.05) is 26.8 Å². The number of rotatable bonds is 7. The average molecular weight is 472 g/mol. The molecule has 0 fully saturated rings. The van der Waals surface area contributed by atoms with E-state index in [9.17, 15) is 9.59 Å². The Morgan fingerprint density at radius 1 is 1.18 bits per heavy atom. The molecule has 1 atom stereocenters. The van der Waals surface area contributed by atoms with E-state index in [-0.39, 0.29) is 17.3 Å². The fraction of sp³-hybridized carbons (Fsp3) is 0.462. The molecule has 7 heteroatoms. The second kappa shape index (κ2) is 10.4. The molecule has 1 aromatic heterocycles. The molecule has 1 heterocycles. The van der Waals surface area contributed by atoms with Crippen LogP contribution in [0.2, 0.25) is 0 Å². The molecule has 0 unspecified atom stereocenters. The van der Waals surface area contributed by atoms with Gasteiger partial charge in [-0.15, -0.1) is 11.3 Å². The highest BCUT2D eigenvalue weighted by Crippen LogP contribution is 2.44. The van der Waals surface area contributed by atoms with Crippen LogP contribution in [0.3, 0.4) is 0 Å². The summed E-state index contributed by atoms with van der Waals surface area (Å²) in [5.74, 6) is 1.07. The van der Waals surface area contributed by atoms with Gasteiger partial charge in [-0.25, -0.2) is 4.79 Å². The Morgan fingerprint density at radius 3 is 2.55 bits per heavy atom. The van der Waals surface area contributed by atoms with E-state index in [1.165, 1.54) is 22.3 Å². The Balaban J connectivity index is 1.84. The van der Waals surface area contributed by atoms with E-state index in [1.807, 2.05) is 6.07 Å². The third-order valence-electron chi connectivity index (χ3n) is 6.04. The maximum Gasteiger partial charge on any atom is 0.341 e. The van der Waals surface area contributed by atoms with Gasteiger partial charge in [-0.3, -0.25) is 4.79 Å². The first kappa shape index (κ1) is 24.8. The van der Waals surface area contributed by atoms with Crippen molar-refractivity contribution < 1.29 is 23.8 Å². The number of anilines is 1. The molecular weight excluding hydrogens is 438 g/mol. The number of fused-ring (bicyclic) bond motifs is 1. The lowest BCUT2D eigenvalue weighted by atomic mass is 9.72. The zero-order valence-corrected chi connectivity index (χ0v) is 21.1. The van der Waals surface area contributed by atoms with Crippen LogP contribution in [0.4, 0.5) is 5.00 Å². The molecule has 178 valence electrons. The van der Waals surface area contributed by atoms with Crippen LogP contribution in [-0.4, -0.2) is 32.7 Å². The van der Waals surface area contributed by atoms with Crippen LogP contribution in [-0.2, 0) is 22.4 Å². The maximum atomic E-state index is 12.8. The summed E-state index contributed by atoms with van der Waals surface area (Å²) in [4.78, 5) is 26.7. The number of carbonyl (C=O) groups excluding carboxylic acids is 2. The van der Waals surface area contributed by atoms with E-state index in [4.69, 9.17) is 14.2 Å². The largest absolute Gasteiger partial charge is 0.493 e. The molecule has 2 aromatic rings. The van der Waals surface area contributed by atoms with Crippen LogP contribution >= 0.6 is 11.3 Å². The van der Waals surface area contributed by atoms with Gasteiger partial charge in [-0.05, 0) is 66.9 Å². The number of benzene rings is 1. The molecule has 33 heavy (non-hydrogen) atoms. The lowest BCUT2D eigenvalue weighted by Crippen LogP contribution is -2.26. The molecule has 0 aliphatic heterocycles. The van der Waals surface area contributed by atoms with Crippen molar-refractivity contribution in [3.05, 3.63) is 45.8 Å². The summed E-state index contributed by atoms with van der Waals surface area (Å²) in [7, 11) is 3.14. The summed E-state index contributed by atoms with van der Waals surface area (Å²) in [6.07, 6.45) is 5.90. The van der Waals surface area contributed by atoms with E-state index in [0.717, 1.165) is 30.4 Å². The fourth-order valence-electron chi connectivity index (χ4n) is 4.11. The lowest BCUT2D eigenvalue weighted by molar-refractivity contribution is -0.111. The normalized spacial score (nSPS) is 15.8. The number of amides is 1. The van der Waals surface area contributed by atoms with Crippen LogP contribution in [0.15, 0.2) is 24.3 Å². The Bertz CT molecular complexity index is 1050. The van der Waals surface area contributed by atoms with Gasteiger partial charge in [-0.2, -0.15) is 0 Å². The van der Waals surface area contributed by atoms with Crippen molar-refractivity contribution in [3.63, 3.8) is 0 Å². The molecule has 1 amide bonds. The van der Waals surface area contributed by atoms with Crippen molar-refractivity contribution in [3.8, 4) is 11.5 Å². The number of hydrogen-bond donors (Lipinski definition) is 1. The zero-order chi connectivity index (χ0) is 24.2. The van der Waals surface area contributed by atoms with Crippen LogP contribution in [0.1, 0.15) is 60.5 Å². The molecule has 0 radical (unpaired) electrons. The lowest BCUT2D eigenvalue weighted by Gasteiger charge is -2.33. The number of thiophene rings is 1. The zero-order valence-electron chi connectivity index (χ0n) is 20.2. The van der Waals surface area contributed by atoms with Crippen molar-refractivity contribution in [2.75, 3.05) is 26.1 Å². The molecule has 3 rings (SSSR count). The number of carbonyl (C=O) groups is 2. The van der Waals surface area contributed by atoms with E-state index < -0.39 is 0 Å². The van der Waals surface area contributed by atoms with Crippen LogP contribution < -0.4 is 14.8 Å². The van der Waals surface area contributed by atoms with E-state index in [1.54, 1.807) is 39.4 Å². The van der Waals surface area contributed by atoms with Gasteiger partial charge in [0, 0.05) is 11.0 Å². The minimum absolute atomic E-state index is 0.192.